The minimum Gasteiger partial charge on any atom is -0.338 e. The van der Waals surface area contributed by atoms with Crippen LogP contribution in [0.15, 0.2) is 71.5 Å². The fraction of sp³-hybridized carbons (Fsp3) is 0.240. The Hall–Kier alpha value is -3.32. The van der Waals surface area contributed by atoms with Crippen molar-refractivity contribution in [1.29, 1.82) is 0 Å². The monoisotopic (exact) mass is 447 g/mol. The molecule has 3 heterocycles. The molecule has 32 heavy (non-hydrogen) atoms. The average Bonchev–Trinajstić information content (AvgIpc) is 3.25. The molecule has 1 saturated heterocycles. The molecule has 2 aromatic heterocycles. The van der Waals surface area contributed by atoms with Crippen molar-refractivity contribution in [3.8, 4) is 11.3 Å². The van der Waals surface area contributed by atoms with E-state index in [1.165, 1.54) is 34.2 Å². The van der Waals surface area contributed by atoms with Crippen molar-refractivity contribution in [3.05, 3.63) is 87.8 Å². The summed E-state index contributed by atoms with van der Waals surface area (Å²) in [7, 11) is 0. The minimum atomic E-state index is -0.306. The van der Waals surface area contributed by atoms with Gasteiger partial charge in [-0.15, -0.1) is 11.3 Å². The Labute approximate surface area is 188 Å². The largest absolute Gasteiger partial charge is 0.338 e. The van der Waals surface area contributed by atoms with Crippen LogP contribution in [-0.2, 0) is 6.54 Å². The summed E-state index contributed by atoms with van der Waals surface area (Å²) >= 11 is 1.53. The summed E-state index contributed by atoms with van der Waals surface area (Å²) in [4.78, 5) is 28.0. The van der Waals surface area contributed by atoms with Gasteiger partial charge in [0.25, 0.3) is 11.5 Å². The van der Waals surface area contributed by atoms with Gasteiger partial charge in [0.15, 0.2) is 0 Å². The van der Waals surface area contributed by atoms with Gasteiger partial charge in [-0.2, -0.15) is 5.10 Å². The number of halogens is 1. The summed E-state index contributed by atoms with van der Waals surface area (Å²) in [5.74, 6) is 0.0485. The fourth-order valence-electron chi connectivity index (χ4n) is 4.16. The Kier molecular flexibility index (Phi) is 5.57. The molecule has 1 aliphatic rings. The van der Waals surface area contributed by atoms with Crippen molar-refractivity contribution < 1.29 is 9.18 Å². The number of likely N-dealkylation sites (tertiary alicyclic amines) is 1. The minimum absolute atomic E-state index is 0.0817. The summed E-state index contributed by atoms with van der Waals surface area (Å²) in [6.45, 7) is 1.85. The van der Waals surface area contributed by atoms with Gasteiger partial charge in [0.05, 0.1) is 10.6 Å². The lowest BCUT2D eigenvalue weighted by molar-refractivity contribution is 0.0685. The second kappa shape index (κ2) is 8.67. The van der Waals surface area contributed by atoms with E-state index in [2.05, 4.69) is 5.10 Å². The third-order valence-corrected chi connectivity index (χ3v) is 7.08. The molecule has 1 fully saturated rings. The van der Waals surface area contributed by atoms with Crippen LogP contribution in [0.2, 0.25) is 0 Å². The van der Waals surface area contributed by atoms with E-state index in [9.17, 15) is 14.0 Å². The van der Waals surface area contributed by atoms with E-state index in [4.69, 9.17) is 0 Å². The van der Waals surface area contributed by atoms with Gasteiger partial charge in [0.1, 0.15) is 5.82 Å². The lowest BCUT2D eigenvalue weighted by atomic mass is 9.96. The second-order valence-corrected chi connectivity index (χ2v) is 9.21. The molecule has 2 aromatic carbocycles. The van der Waals surface area contributed by atoms with Crippen molar-refractivity contribution >= 4 is 27.3 Å². The van der Waals surface area contributed by atoms with Crippen LogP contribution in [0, 0.1) is 11.7 Å². The van der Waals surface area contributed by atoms with E-state index in [0.717, 1.165) is 33.4 Å². The quantitative estimate of drug-likeness (QED) is 0.451. The van der Waals surface area contributed by atoms with Crippen molar-refractivity contribution in [2.45, 2.75) is 19.4 Å². The van der Waals surface area contributed by atoms with Crippen molar-refractivity contribution in [1.82, 2.24) is 14.7 Å². The predicted molar refractivity (Wildman–Crippen MR) is 124 cm³/mol. The lowest BCUT2D eigenvalue weighted by Crippen LogP contribution is -2.40. The Morgan fingerprint density at radius 3 is 2.53 bits per heavy atom. The summed E-state index contributed by atoms with van der Waals surface area (Å²) in [5.41, 5.74) is 1.26. The molecule has 5 rings (SSSR count). The summed E-state index contributed by atoms with van der Waals surface area (Å²) < 4.78 is 15.8. The van der Waals surface area contributed by atoms with Crippen LogP contribution < -0.4 is 5.56 Å². The van der Waals surface area contributed by atoms with Crippen LogP contribution in [0.1, 0.15) is 22.5 Å². The smallest absolute Gasteiger partial charge is 0.266 e. The highest BCUT2D eigenvalue weighted by atomic mass is 32.1. The number of nitrogens with zero attached hydrogens (tertiary/aromatic N) is 3. The Morgan fingerprint density at radius 1 is 1.03 bits per heavy atom. The highest BCUT2D eigenvalue weighted by molar-refractivity contribution is 7.20. The molecule has 0 spiro atoms. The zero-order valence-corrected chi connectivity index (χ0v) is 18.2. The molecule has 0 bridgehead atoms. The van der Waals surface area contributed by atoms with E-state index in [1.54, 1.807) is 18.2 Å². The van der Waals surface area contributed by atoms with E-state index in [1.807, 2.05) is 35.2 Å². The molecule has 0 saturated carbocycles. The molecule has 0 aliphatic carbocycles. The maximum atomic E-state index is 13.2. The van der Waals surface area contributed by atoms with Crippen molar-refractivity contribution in [2.75, 3.05) is 13.1 Å². The molecular formula is C25H22FN3O2S. The number of amides is 1. The first-order valence-electron chi connectivity index (χ1n) is 10.7. The number of fused-ring (bicyclic) bond motifs is 1. The molecule has 0 radical (unpaired) electrons. The standard InChI is InChI=1S/C25H22FN3O2S/c26-20-7-5-18(6-8-20)21-9-10-24(30)29(27-21)16-17-11-13-28(14-12-17)25(31)23-15-19-3-1-2-4-22(19)32-23/h1-10,15,17H,11-14,16H2. The Balaban J connectivity index is 1.25. The van der Waals surface area contributed by atoms with Crippen LogP contribution in [0.3, 0.4) is 0 Å². The van der Waals surface area contributed by atoms with Gasteiger partial charge in [-0.05, 0) is 66.6 Å². The topological polar surface area (TPSA) is 55.2 Å². The number of piperidine rings is 1. The third kappa shape index (κ3) is 4.21. The molecule has 162 valence electrons. The zero-order chi connectivity index (χ0) is 22.1. The van der Waals surface area contributed by atoms with Gasteiger partial charge in [0.2, 0.25) is 0 Å². The first kappa shape index (κ1) is 20.6. The van der Waals surface area contributed by atoms with Gasteiger partial charge < -0.3 is 4.90 Å². The molecule has 0 N–H and O–H groups in total. The van der Waals surface area contributed by atoms with Crippen LogP contribution >= 0.6 is 11.3 Å². The summed E-state index contributed by atoms with van der Waals surface area (Å²) in [6, 6.07) is 19.3. The number of hydrogen-bond acceptors (Lipinski definition) is 4. The maximum Gasteiger partial charge on any atom is 0.266 e. The maximum absolute atomic E-state index is 13.2. The van der Waals surface area contributed by atoms with Crippen LogP contribution in [0.5, 0.6) is 0 Å². The molecular weight excluding hydrogens is 425 g/mol. The van der Waals surface area contributed by atoms with Gasteiger partial charge >= 0.3 is 0 Å². The molecule has 7 heteroatoms. The highest BCUT2D eigenvalue weighted by Gasteiger charge is 2.25. The first-order chi connectivity index (χ1) is 15.6. The molecule has 5 nitrogen and oxygen atoms in total. The van der Waals surface area contributed by atoms with Gasteiger partial charge in [-0.1, -0.05) is 18.2 Å². The average molecular weight is 448 g/mol. The van der Waals surface area contributed by atoms with E-state index >= 15 is 0 Å². The van der Waals surface area contributed by atoms with Crippen LogP contribution in [-0.4, -0.2) is 33.7 Å². The van der Waals surface area contributed by atoms with E-state index in [-0.39, 0.29) is 23.2 Å². The van der Waals surface area contributed by atoms with Gasteiger partial charge in [-0.3, -0.25) is 9.59 Å². The normalized spacial score (nSPS) is 14.7. The van der Waals surface area contributed by atoms with E-state index in [0.29, 0.717) is 25.3 Å². The van der Waals surface area contributed by atoms with E-state index < -0.39 is 0 Å². The number of carbonyl (C=O) groups is 1. The zero-order valence-electron chi connectivity index (χ0n) is 17.4. The number of hydrogen-bond donors (Lipinski definition) is 0. The lowest BCUT2D eigenvalue weighted by Gasteiger charge is -2.31. The fourth-order valence-corrected chi connectivity index (χ4v) is 5.19. The molecule has 4 aromatic rings. The number of carbonyl (C=O) groups excluding carboxylic acids is 1. The predicted octanol–water partition coefficient (Wildman–Crippen LogP) is 4.82. The molecule has 1 aliphatic heterocycles. The number of aromatic nitrogens is 2. The molecule has 1 amide bonds. The number of rotatable bonds is 4. The molecule has 0 unspecified atom stereocenters. The van der Waals surface area contributed by atoms with Crippen LogP contribution in [0.25, 0.3) is 21.3 Å². The first-order valence-corrected chi connectivity index (χ1v) is 11.5. The van der Waals surface area contributed by atoms with Crippen molar-refractivity contribution in [3.63, 3.8) is 0 Å². The third-order valence-electron chi connectivity index (χ3n) is 5.98. The second-order valence-electron chi connectivity index (χ2n) is 8.13. The number of thiophene rings is 1. The van der Waals surface area contributed by atoms with Gasteiger partial charge in [0, 0.05) is 36.0 Å². The van der Waals surface area contributed by atoms with Crippen molar-refractivity contribution in [2.24, 2.45) is 5.92 Å². The Bertz CT molecular complexity index is 1290. The van der Waals surface area contributed by atoms with Gasteiger partial charge in [-0.25, -0.2) is 9.07 Å². The molecule has 0 atom stereocenters. The summed E-state index contributed by atoms with van der Waals surface area (Å²) in [6.07, 6.45) is 1.65. The Morgan fingerprint density at radius 2 is 1.78 bits per heavy atom. The highest BCUT2D eigenvalue weighted by Crippen LogP contribution is 2.28. The van der Waals surface area contributed by atoms with Crippen LogP contribution in [0.4, 0.5) is 4.39 Å². The SMILES string of the molecule is O=C(c1cc2ccccc2s1)N1CCC(Cn2nc(-c3ccc(F)cc3)ccc2=O)CC1. The summed E-state index contributed by atoms with van der Waals surface area (Å²) in [5, 5.41) is 5.59. The number of benzene rings is 2.